The van der Waals surface area contributed by atoms with Crippen LogP contribution in [0.5, 0.6) is 0 Å². The average Bonchev–Trinajstić information content (AvgIpc) is 2.78. The van der Waals surface area contributed by atoms with Crippen molar-refractivity contribution < 1.29 is 24.6 Å². The highest BCUT2D eigenvalue weighted by Gasteiger charge is 2.34. The van der Waals surface area contributed by atoms with Crippen LogP contribution in [0.15, 0.2) is 18.2 Å². The van der Waals surface area contributed by atoms with Gasteiger partial charge in [-0.15, -0.1) is 0 Å². The lowest BCUT2D eigenvalue weighted by atomic mass is 10.1. The minimum Gasteiger partial charge on any atom is -0.478 e. The fourth-order valence-electron chi connectivity index (χ4n) is 2.30. The maximum atomic E-state index is 12.0. The second-order valence-corrected chi connectivity index (χ2v) is 4.93. The highest BCUT2D eigenvalue weighted by Crippen LogP contribution is 2.32. The Kier molecular flexibility index (Phi) is 3.99. The number of hydrogen-bond acceptors (Lipinski definition) is 4. The van der Waals surface area contributed by atoms with Gasteiger partial charge in [-0.1, -0.05) is 6.07 Å². The predicted molar refractivity (Wildman–Crippen MR) is 74.7 cm³/mol. The van der Waals surface area contributed by atoms with Gasteiger partial charge in [-0.05, 0) is 23.8 Å². The highest BCUT2D eigenvalue weighted by molar-refractivity contribution is 7.80. The number of benzene rings is 1. The van der Waals surface area contributed by atoms with E-state index in [-0.39, 0.29) is 41.6 Å². The first kappa shape index (κ1) is 14.4. The zero-order valence-corrected chi connectivity index (χ0v) is 11.3. The number of carboxylic acid groups (broad SMARTS) is 2. The molecule has 0 saturated carbocycles. The Morgan fingerprint density at radius 2 is 1.80 bits per heavy atom. The molecule has 2 N–H and O–H groups in total. The molecular weight excluding hydrogens is 282 g/mol. The molecule has 106 valence electrons. The summed E-state index contributed by atoms with van der Waals surface area (Å²) in [6.07, 6.45) is 0.247. The third-order valence-corrected chi connectivity index (χ3v) is 3.75. The molecule has 1 aliphatic heterocycles. The van der Waals surface area contributed by atoms with Crippen LogP contribution in [-0.4, -0.2) is 40.4 Å². The van der Waals surface area contributed by atoms with E-state index < -0.39 is 11.9 Å². The Morgan fingerprint density at radius 1 is 1.25 bits per heavy atom. The molecular formula is C13H13NO5S. The van der Waals surface area contributed by atoms with Crippen molar-refractivity contribution in [2.45, 2.75) is 6.42 Å². The Balaban J connectivity index is 2.56. The molecule has 0 aromatic heterocycles. The van der Waals surface area contributed by atoms with Crippen LogP contribution in [0.2, 0.25) is 0 Å². The van der Waals surface area contributed by atoms with E-state index in [2.05, 4.69) is 12.6 Å². The second-order valence-electron chi connectivity index (χ2n) is 4.57. The van der Waals surface area contributed by atoms with Crippen LogP contribution >= 0.6 is 12.6 Å². The molecule has 0 spiro atoms. The summed E-state index contributed by atoms with van der Waals surface area (Å²) >= 11 is 4.13. The zero-order valence-electron chi connectivity index (χ0n) is 10.4. The Labute approximate surface area is 120 Å². The number of hydrogen-bond donors (Lipinski definition) is 3. The molecule has 7 heteroatoms. The van der Waals surface area contributed by atoms with Gasteiger partial charge in [-0.25, -0.2) is 9.59 Å². The summed E-state index contributed by atoms with van der Waals surface area (Å²) < 4.78 is 0. The highest BCUT2D eigenvalue weighted by atomic mass is 32.1. The van der Waals surface area contributed by atoms with Gasteiger partial charge in [-0.2, -0.15) is 12.6 Å². The predicted octanol–water partition coefficient (Wildman–Crippen LogP) is 1.37. The minimum absolute atomic E-state index is 0.00525. The molecule has 20 heavy (non-hydrogen) atoms. The average molecular weight is 295 g/mol. The Hall–Kier alpha value is -2.02. The molecule has 1 unspecified atom stereocenters. The molecule has 0 radical (unpaired) electrons. The van der Waals surface area contributed by atoms with Gasteiger partial charge in [0.1, 0.15) is 0 Å². The standard InChI is InChI=1S/C13H13NO5S/c15-10-4-7(6-20)5-14(10)11-8(12(16)17)2-1-3-9(11)13(18)19/h1-3,7,20H,4-6H2,(H,16,17)(H,18,19). The number of anilines is 1. The number of aromatic carboxylic acids is 2. The smallest absolute Gasteiger partial charge is 0.337 e. The van der Waals surface area contributed by atoms with Crippen molar-refractivity contribution in [3.05, 3.63) is 29.3 Å². The molecule has 1 saturated heterocycles. The molecule has 0 aliphatic carbocycles. The second kappa shape index (κ2) is 5.54. The van der Waals surface area contributed by atoms with Crippen molar-refractivity contribution in [1.82, 2.24) is 0 Å². The van der Waals surface area contributed by atoms with Crippen molar-refractivity contribution in [3.8, 4) is 0 Å². The van der Waals surface area contributed by atoms with E-state index in [1.807, 2.05) is 0 Å². The molecule has 1 atom stereocenters. The van der Waals surface area contributed by atoms with Crippen molar-refractivity contribution in [1.29, 1.82) is 0 Å². The minimum atomic E-state index is -1.26. The summed E-state index contributed by atoms with van der Waals surface area (Å²) in [5, 5.41) is 18.4. The van der Waals surface area contributed by atoms with Gasteiger partial charge in [0.15, 0.2) is 0 Å². The number of amides is 1. The number of nitrogens with zero attached hydrogens (tertiary/aromatic N) is 1. The van der Waals surface area contributed by atoms with Crippen LogP contribution < -0.4 is 4.90 Å². The molecule has 1 aromatic carbocycles. The van der Waals surface area contributed by atoms with Crippen LogP contribution in [0.25, 0.3) is 0 Å². The molecule has 1 amide bonds. The summed E-state index contributed by atoms with van der Waals surface area (Å²) in [5.74, 6) is -2.31. The third kappa shape index (κ3) is 2.49. The molecule has 2 rings (SSSR count). The van der Waals surface area contributed by atoms with Gasteiger partial charge in [0.2, 0.25) is 5.91 Å². The summed E-state index contributed by atoms with van der Waals surface area (Å²) in [6, 6.07) is 3.95. The van der Waals surface area contributed by atoms with Crippen molar-refractivity contribution in [2.24, 2.45) is 5.92 Å². The van der Waals surface area contributed by atoms with Crippen molar-refractivity contribution in [3.63, 3.8) is 0 Å². The summed E-state index contributed by atoms with van der Waals surface area (Å²) in [5.41, 5.74) is -0.405. The number of carbonyl (C=O) groups excluding carboxylic acids is 1. The van der Waals surface area contributed by atoms with E-state index in [0.717, 1.165) is 0 Å². The molecule has 1 aromatic rings. The van der Waals surface area contributed by atoms with Gasteiger partial charge in [0.25, 0.3) is 0 Å². The van der Waals surface area contributed by atoms with Gasteiger partial charge in [0.05, 0.1) is 16.8 Å². The van der Waals surface area contributed by atoms with Gasteiger partial charge in [0, 0.05) is 13.0 Å². The first-order valence-corrected chi connectivity index (χ1v) is 6.59. The molecule has 1 aliphatic rings. The molecule has 1 fully saturated rings. The normalized spacial score (nSPS) is 18.4. The third-order valence-electron chi connectivity index (χ3n) is 3.23. The lowest BCUT2D eigenvalue weighted by molar-refractivity contribution is -0.117. The van der Waals surface area contributed by atoms with Crippen molar-refractivity contribution >= 4 is 36.2 Å². The quantitative estimate of drug-likeness (QED) is 0.729. The van der Waals surface area contributed by atoms with Gasteiger partial charge < -0.3 is 15.1 Å². The number of para-hydroxylation sites is 1. The van der Waals surface area contributed by atoms with Gasteiger partial charge in [-0.3, -0.25) is 4.79 Å². The lowest BCUT2D eigenvalue weighted by Gasteiger charge is -2.21. The van der Waals surface area contributed by atoms with Crippen LogP contribution in [0, 0.1) is 5.92 Å². The van der Waals surface area contributed by atoms with E-state index in [0.29, 0.717) is 5.75 Å². The zero-order chi connectivity index (χ0) is 14.9. The van der Waals surface area contributed by atoms with E-state index in [1.165, 1.54) is 23.1 Å². The molecule has 1 heterocycles. The van der Waals surface area contributed by atoms with Gasteiger partial charge >= 0.3 is 11.9 Å². The Morgan fingerprint density at radius 3 is 2.20 bits per heavy atom. The number of carbonyl (C=O) groups is 3. The monoisotopic (exact) mass is 295 g/mol. The van der Waals surface area contributed by atoms with E-state index >= 15 is 0 Å². The number of thiol groups is 1. The maximum absolute atomic E-state index is 12.0. The fraction of sp³-hybridized carbons (Fsp3) is 0.308. The van der Waals surface area contributed by atoms with Crippen LogP contribution in [0.4, 0.5) is 5.69 Å². The molecule has 0 bridgehead atoms. The Bertz CT molecular complexity index is 554. The summed E-state index contributed by atoms with van der Waals surface area (Å²) in [4.78, 5) is 35.8. The van der Waals surface area contributed by atoms with E-state index in [1.54, 1.807) is 0 Å². The lowest BCUT2D eigenvalue weighted by Crippen LogP contribution is -2.28. The van der Waals surface area contributed by atoms with E-state index in [9.17, 15) is 24.6 Å². The maximum Gasteiger partial charge on any atom is 0.337 e. The van der Waals surface area contributed by atoms with Crippen LogP contribution in [-0.2, 0) is 4.79 Å². The SMILES string of the molecule is O=C(O)c1cccc(C(=O)O)c1N1CC(CS)CC1=O. The first-order chi connectivity index (χ1) is 9.45. The number of carboxylic acids is 2. The van der Waals surface area contributed by atoms with Crippen LogP contribution in [0.1, 0.15) is 27.1 Å². The summed E-state index contributed by atoms with van der Waals surface area (Å²) in [7, 11) is 0. The van der Waals surface area contributed by atoms with Crippen LogP contribution in [0.3, 0.4) is 0 Å². The fourth-order valence-corrected chi connectivity index (χ4v) is 2.54. The first-order valence-electron chi connectivity index (χ1n) is 5.96. The van der Waals surface area contributed by atoms with Crippen molar-refractivity contribution in [2.75, 3.05) is 17.2 Å². The summed E-state index contributed by atoms with van der Waals surface area (Å²) in [6.45, 7) is 0.285. The largest absolute Gasteiger partial charge is 0.478 e. The van der Waals surface area contributed by atoms with E-state index in [4.69, 9.17) is 0 Å². The number of rotatable bonds is 4. The topological polar surface area (TPSA) is 94.9 Å². The molecule has 6 nitrogen and oxygen atoms in total.